The molecular weight excluding hydrogens is 288 g/mol. The van der Waals surface area contributed by atoms with E-state index in [1.807, 2.05) is 0 Å². The Bertz CT molecular complexity index is 587. The van der Waals surface area contributed by atoms with Gasteiger partial charge in [-0.1, -0.05) is 6.07 Å². The minimum atomic E-state index is -1.01. The van der Waals surface area contributed by atoms with Crippen LogP contribution in [-0.4, -0.2) is 54.0 Å². The van der Waals surface area contributed by atoms with Crippen LogP contribution in [0.2, 0.25) is 0 Å². The summed E-state index contributed by atoms with van der Waals surface area (Å²) >= 11 is 0. The Morgan fingerprint density at radius 3 is 2.86 bits per heavy atom. The van der Waals surface area contributed by atoms with Crippen LogP contribution >= 0.6 is 0 Å². The van der Waals surface area contributed by atoms with Gasteiger partial charge in [0, 0.05) is 12.1 Å². The number of hydrogen-bond acceptors (Lipinski definition) is 4. The van der Waals surface area contributed by atoms with Crippen LogP contribution in [0.25, 0.3) is 0 Å². The molecule has 1 fully saturated rings. The van der Waals surface area contributed by atoms with Gasteiger partial charge in [-0.05, 0) is 31.0 Å². The van der Waals surface area contributed by atoms with E-state index in [9.17, 15) is 14.4 Å². The summed E-state index contributed by atoms with van der Waals surface area (Å²) < 4.78 is 5.03. The lowest BCUT2D eigenvalue weighted by molar-refractivity contribution is -0.147. The fourth-order valence-electron chi connectivity index (χ4n) is 2.45. The monoisotopic (exact) mass is 306 g/mol. The van der Waals surface area contributed by atoms with Crippen molar-refractivity contribution in [3.8, 4) is 5.75 Å². The van der Waals surface area contributed by atoms with Crippen LogP contribution < -0.4 is 10.1 Å². The molecule has 0 unspecified atom stereocenters. The van der Waals surface area contributed by atoms with Crippen molar-refractivity contribution >= 4 is 17.8 Å². The van der Waals surface area contributed by atoms with Crippen LogP contribution in [-0.2, 0) is 9.59 Å². The van der Waals surface area contributed by atoms with E-state index in [0.29, 0.717) is 30.7 Å². The Morgan fingerprint density at radius 1 is 1.41 bits per heavy atom. The van der Waals surface area contributed by atoms with E-state index >= 15 is 0 Å². The Balaban J connectivity index is 1.93. The molecule has 1 aliphatic heterocycles. The second-order valence-corrected chi connectivity index (χ2v) is 5.00. The Morgan fingerprint density at radius 2 is 2.18 bits per heavy atom. The van der Waals surface area contributed by atoms with Crippen molar-refractivity contribution < 1.29 is 24.2 Å². The van der Waals surface area contributed by atoms with E-state index < -0.39 is 17.9 Å². The number of carbonyl (C=O) groups excluding carboxylic acids is 2. The van der Waals surface area contributed by atoms with E-state index in [-0.39, 0.29) is 12.5 Å². The normalized spacial score (nSPS) is 17.1. The van der Waals surface area contributed by atoms with E-state index in [4.69, 9.17) is 9.84 Å². The zero-order valence-electron chi connectivity index (χ0n) is 12.2. The summed E-state index contributed by atoms with van der Waals surface area (Å²) in [6.45, 7) is 0.185. The van der Waals surface area contributed by atoms with Crippen LogP contribution in [0, 0.1) is 0 Å². The van der Waals surface area contributed by atoms with E-state index in [0.717, 1.165) is 0 Å². The summed E-state index contributed by atoms with van der Waals surface area (Å²) in [4.78, 5) is 36.4. The molecule has 1 aromatic carbocycles. The molecule has 1 atom stereocenters. The van der Waals surface area contributed by atoms with Gasteiger partial charge in [0.15, 0.2) is 0 Å². The second-order valence-electron chi connectivity index (χ2n) is 5.00. The Labute approximate surface area is 127 Å². The maximum Gasteiger partial charge on any atom is 0.326 e. The molecule has 7 heteroatoms. The van der Waals surface area contributed by atoms with Gasteiger partial charge in [0.2, 0.25) is 5.91 Å². The van der Waals surface area contributed by atoms with Crippen molar-refractivity contribution in [1.82, 2.24) is 10.2 Å². The van der Waals surface area contributed by atoms with Crippen molar-refractivity contribution in [2.75, 3.05) is 20.2 Å². The first kappa shape index (κ1) is 15.8. The van der Waals surface area contributed by atoms with Crippen molar-refractivity contribution in [3.63, 3.8) is 0 Å². The zero-order chi connectivity index (χ0) is 16.1. The molecule has 22 heavy (non-hydrogen) atoms. The molecular formula is C15H18N2O5. The number of methoxy groups -OCH3 is 1. The van der Waals surface area contributed by atoms with Crippen LogP contribution in [0.5, 0.6) is 5.75 Å². The van der Waals surface area contributed by atoms with Crippen molar-refractivity contribution in [3.05, 3.63) is 29.8 Å². The molecule has 0 spiro atoms. The van der Waals surface area contributed by atoms with Gasteiger partial charge in [-0.25, -0.2) is 4.79 Å². The summed E-state index contributed by atoms with van der Waals surface area (Å²) in [5.74, 6) is -1.26. The highest BCUT2D eigenvalue weighted by molar-refractivity contribution is 5.97. The summed E-state index contributed by atoms with van der Waals surface area (Å²) in [5.41, 5.74) is 0.378. The number of carboxylic acid groups (broad SMARTS) is 1. The molecule has 0 bridgehead atoms. The van der Waals surface area contributed by atoms with E-state index in [2.05, 4.69) is 5.32 Å². The molecule has 0 saturated carbocycles. The Hall–Kier alpha value is -2.57. The van der Waals surface area contributed by atoms with E-state index in [1.54, 1.807) is 24.3 Å². The number of carboxylic acids is 1. The molecule has 118 valence electrons. The van der Waals surface area contributed by atoms with Crippen LogP contribution in [0.3, 0.4) is 0 Å². The molecule has 2 amide bonds. The summed E-state index contributed by atoms with van der Waals surface area (Å²) in [7, 11) is 1.50. The highest BCUT2D eigenvalue weighted by atomic mass is 16.5. The largest absolute Gasteiger partial charge is 0.497 e. The van der Waals surface area contributed by atoms with Gasteiger partial charge in [0.05, 0.1) is 13.7 Å². The molecule has 1 saturated heterocycles. The fraction of sp³-hybridized carbons (Fsp3) is 0.400. The molecule has 1 aliphatic rings. The molecule has 2 rings (SSSR count). The molecule has 0 aromatic heterocycles. The minimum Gasteiger partial charge on any atom is -0.497 e. The topological polar surface area (TPSA) is 95.9 Å². The van der Waals surface area contributed by atoms with Gasteiger partial charge in [-0.3, -0.25) is 9.59 Å². The Kier molecular flexibility index (Phi) is 4.98. The number of carbonyl (C=O) groups is 3. The lowest BCUT2D eigenvalue weighted by atomic mass is 10.2. The van der Waals surface area contributed by atoms with Crippen molar-refractivity contribution in [2.24, 2.45) is 0 Å². The van der Waals surface area contributed by atoms with Gasteiger partial charge in [-0.15, -0.1) is 0 Å². The number of amides is 2. The number of rotatable bonds is 5. The second kappa shape index (κ2) is 6.93. The number of nitrogens with one attached hydrogen (secondary N) is 1. The molecule has 1 aromatic rings. The van der Waals surface area contributed by atoms with Crippen LogP contribution in [0.4, 0.5) is 0 Å². The number of hydrogen-bond donors (Lipinski definition) is 2. The predicted molar refractivity (Wildman–Crippen MR) is 77.7 cm³/mol. The zero-order valence-corrected chi connectivity index (χ0v) is 12.2. The minimum absolute atomic E-state index is 0.222. The van der Waals surface area contributed by atoms with Crippen molar-refractivity contribution in [1.29, 1.82) is 0 Å². The predicted octanol–water partition coefficient (Wildman–Crippen LogP) is 0.501. The highest BCUT2D eigenvalue weighted by Gasteiger charge is 2.33. The van der Waals surface area contributed by atoms with Crippen LogP contribution in [0.15, 0.2) is 24.3 Å². The quantitative estimate of drug-likeness (QED) is 0.826. The number of nitrogens with zero attached hydrogens (tertiary/aromatic N) is 1. The summed E-state index contributed by atoms with van der Waals surface area (Å²) in [6.07, 6.45) is 1.11. The first-order valence-electron chi connectivity index (χ1n) is 6.97. The first-order valence-corrected chi connectivity index (χ1v) is 6.97. The number of benzene rings is 1. The summed E-state index contributed by atoms with van der Waals surface area (Å²) in [6, 6.07) is 5.77. The lowest BCUT2D eigenvalue weighted by Crippen LogP contribution is -2.45. The lowest BCUT2D eigenvalue weighted by Gasteiger charge is -2.21. The highest BCUT2D eigenvalue weighted by Crippen LogP contribution is 2.17. The molecule has 0 radical (unpaired) electrons. The van der Waals surface area contributed by atoms with Crippen molar-refractivity contribution in [2.45, 2.75) is 18.9 Å². The van der Waals surface area contributed by atoms with Gasteiger partial charge in [0.25, 0.3) is 5.91 Å². The number of likely N-dealkylation sites (tertiary alicyclic amines) is 1. The third-order valence-electron chi connectivity index (χ3n) is 3.59. The number of ether oxygens (including phenoxy) is 1. The maximum absolute atomic E-state index is 12.0. The standard InChI is InChI=1S/C15H18N2O5/c1-22-11-5-2-4-10(8-11)14(19)16-9-13(18)17-7-3-6-12(17)15(20)21/h2,4-5,8,12H,3,6-7,9H2,1H3,(H,16,19)(H,20,21)/t12-/m1/s1. The van der Waals surface area contributed by atoms with Gasteiger partial charge < -0.3 is 20.1 Å². The number of aliphatic carboxylic acids is 1. The third kappa shape index (κ3) is 3.55. The molecule has 0 aliphatic carbocycles. The third-order valence-corrected chi connectivity index (χ3v) is 3.59. The maximum atomic E-state index is 12.0. The molecule has 7 nitrogen and oxygen atoms in total. The molecule has 2 N–H and O–H groups in total. The van der Waals surface area contributed by atoms with E-state index in [1.165, 1.54) is 12.0 Å². The fourth-order valence-corrected chi connectivity index (χ4v) is 2.45. The summed E-state index contributed by atoms with van der Waals surface area (Å²) in [5, 5.41) is 11.6. The van der Waals surface area contributed by atoms with Crippen LogP contribution in [0.1, 0.15) is 23.2 Å². The molecule has 1 heterocycles. The average molecular weight is 306 g/mol. The van der Waals surface area contributed by atoms with Gasteiger partial charge in [0.1, 0.15) is 11.8 Å². The van der Waals surface area contributed by atoms with Gasteiger partial charge >= 0.3 is 5.97 Å². The van der Waals surface area contributed by atoms with Gasteiger partial charge in [-0.2, -0.15) is 0 Å². The first-order chi connectivity index (χ1) is 10.5. The SMILES string of the molecule is COc1cccc(C(=O)NCC(=O)N2CCC[C@@H]2C(=O)O)c1. The smallest absolute Gasteiger partial charge is 0.326 e. The average Bonchev–Trinajstić information content (AvgIpc) is 3.02.